The molecular weight excluding hydrogens is 431 g/mol. The van der Waals surface area contributed by atoms with E-state index < -0.39 is 0 Å². The van der Waals surface area contributed by atoms with E-state index >= 15 is 0 Å². The fourth-order valence-electron chi connectivity index (χ4n) is 3.85. The summed E-state index contributed by atoms with van der Waals surface area (Å²) in [5, 5.41) is 1.10. The van der Waals surface area contributed by atoms with Crippen LogP contribution in [0.2, 0.25) is 15.1 Å². The van der Waals surface area contributed by atoms with E-state index in [0.717, 1.165) is 25.9 Å². The Hall–Kier alpha value is -1.49. The van der Waals surface area contributed by atoms with Crippen molar-refractivity contribution in [3.8, 4) is 5.75 Å². The number of rotatable bonds is 4. The Bertz CT molecular complexity index is 878. The fourth-order valence-corrected chi connectivity index (χ4v) is 4.78. The Morgan fingerprint density at radius 3 is 2.62 bits per heavy atom. The number of amides is 1. The summed E-state index contributed by atoms with van der Waals surface area (Å²) >= 11 is 18.3. The Labute approximate surface area is 187 Å². The molecule has 0 N–H and O–H groups in total. The number of hydrogen-bond donors (Lipinski definition) is 0. The van der Waals surface area contributed by atoms with Gasteiger partial charge in [-0.05, 0) is 48.4 Å². The molecule has 1 saturated heterocycles. The van der Waals surface area contributed by atoms with Crippen molar-refractivity contribution >= 4 is 40.7 Å². The summed E-state index contributed by atoms with van der Waals surface area (Å²) in [7, 11) is 0. The van der Waals surface area contributed by atoms with Crippen LogP contribution in [0, 0.1) is 11.3 Å². The van der Waals surface area contributed by atoms with E-state index in [0.29, 0.717) is 38.1 Å². The largest absolute Gasteiger partial charge is 0.484 e. The number of aromatic nitrogens is 1. The molecule has 3 rings (SSSR count). The van der Waals surface area contributed by atoms with Crippen molar-refractivity contribution in [3.05, 3.63) is 56.8 Å². The molecule has 0 unspecified atom stereocenters. The van der Waals surface area contributed by atoms with Crippen LogP contribution in [0.15, 0.2) is 30.3 Å². The highest BCUT2D eigenvalue weighted by atomic mass is 35.5. The first kappa shape index (κ1) is 22.2. The minimum Gasteiger partial charge on any atom is -0.484 e. The van der Waals surface area contributed by atoms with Gasteiger partial charge >= 0.3 is 0 Å². The van der Waals surface area contributed by atoms with Crippen molar-refractivity contribution in [1.29, 1.82) is 0 Å². The lowest BCUT2D eigenvalue weighted by Crippen LogP contribution is -2.34. The number of carbonyl (C=O) groups excluding carboxylic acids is 1. The predicted octanol–water partition coefficient (Wildman–Crippen LogP) is 6.52. The van der Waals surface area contributed by atoms with Crippen LogP contribution < -0.4 is 4.74 Å². The molecule has 2 aromatic rings. The van der Waals surface area contributed by atoms with E-state index in [2.05, 4.69) is 25.8 Å². The van der Waals surface area contributed by atoms with Gasteiger partial charge < -0.3 is 9.64 Å². The number of halogens is 3. The first-order chi connectivity index (χ1) is 13.6. The third-order valence-electron chi connectivity index (χ3n) is 5.13. The summed E-state index contributed by atoms with van der Waals surface area (Å²) in [6.45, 7) is 8.37. The molecule has 1 atom stereocenters. The molecule has 4 nitrogen and oxygen atoms in total. The second kappa shape index (κ2) is 9.11. The molecule has 0 bridgehead atoms. The van der Waals surface area contributed by atoms with Gasteiger partial charge in [-0.1, -0.05) is 61.6 Å². The number of nitrogens with zero attached hydrogens (tertiary/aromatic N) is 2. The third-order valence-corrected chi connectivity index (χ3v) is 5.91. The maximum Gasteiger partial charge on any atom is 0.272 e. The molecule has 1 aliphatic rings. The highest BCUT2D eigenvalue weighted by Gasteiger charge is 2.30. The van der Waals surface area contributed by atoms with E-state index in [4.69, 9.17) is 39.5 Å². The minimum absolute atomic E-state index is 0.0426. The molecular formula is C22H25Cl3N2O2. The summed E-state index contributed by atoms with van der Waals surface area (Å²) in [6, 6.07) is 8.51. The first-order valence-electron chi connectivity index (χ1n) is 9.67. The fraction of sp³-hybridized carbons (Fsp3) is 0.455. The summed E-state index contributed by atoms with van der Waals surface area (Å²) in [4.78, 5) is 19.5. The van der Waals surface area contributed by atoms with Gasteiger partial charge in [0.05, 0.1) is 15.7 Å². The van der Waals surface area contributed by atoms with Crippen LogP contribution in [-0.4, -0.2) is 28.9 Å². The molecule has 0 saturated carbocycles. The number of likely N-dealkylation sites (tertiary alicyclic amines) is 1. The Balaban J connectivity index is 1.72. The Morgan fingerprint density at radius 2 is 1.93 bits per heavy atom. The molecule has 1 amide bonds. The zero-order valence-corrected chi connectivity index (χ0v) is 19.1. The van der Waals surface area contributed by atoms with Crippen LogP contribution in [0.25, 0.3) is 0 Å². The summed E-state index contributed by atoms with van der Waals surface area (Å²) in [6.07, 6.45) is 2.10. The van der Waals surface area contributed by atoms with Crippen molar-refractivity contribution in [2.75, 3.05) is 13.1 Å². The molecule has 0 radical (unpaired) electrons. The van der Waals surface area contributed by atoms with Gasteiger partial charge in [-0.2, -0.15) is 0 Å². The van der Waals surface area contributed by atoms with Crippen LogP contribution in [0.3, 0.4) is 0 Å². The molecule has 0 spiro atoms. The average molecular weight is 456 g/mol. The summed E-state index contributed by atoms with van der Waals surface area (Å²) in [5.74, 6) is 0.760. The smallest absolute Gasteiger partial charge is 0.272 e. The van der Waals surface area contributed by atoms with Gasteiger partial charge in [0.25, 0.3) is 5.91 Å². The number of pyridine rings is 1. The van der Waals surface area contributed by atoms with E-state index in [9.17, 15) is 4.79 Å². The second-order valence-corrected chi connectivity index (χ2v) is 9.73. The van der Waals surface area contributed by atoms with Crippen molar-refractivity contribution < 1.29 is 9.53 Å². The minimum atomic E-state index is -0.0426. The predicted molar refractivity (Wildman–Crippen MR) is 118 cm³/mol. The number of hydrogen-bond acceptors (Lipinski definition) is 3. The van der Waals surface area contributed by atoms with Gasteiger partial charge in [-0.25, -0.2) is 4.98 Å². The van der Waals surface area contributed by atoms with Crippen molar-refractivity contribution in [2.24, 2.45) is 11.3 Å². The SMILES string of the molecule is C[C@H]1CN(C(=O)c2cccc(COc3c(Cl)cc(Cl)cc3Cl)n2)CCC(C)(C)C1. The lowest BCUT2D eigenvalue weighted by atomic mass is 9.82. The van der Waals surface area contributed by atoms with E-state index in [1.165, 1.54) is 0 Å². The van der Waals surface area contributed by atoms with E-state index in [1.54, 1.807) is 18.2 Å². The first-order valence-corrected chi connectivity index (χ1v) is 10.8. The van der Waals surface area contributed by atoms with Crippen LogP contribution >= 0.6 is 34.8 Å². The van der Waals surface area contributed by atoms with Gasteiger partial charge in [0, 0.05) is 18.1 Å². The van der Waals surface area contributed by atoms with Crippen LogP contribution in [0.4, 0.5) is 0 Å². The number of ether oxygens (including phenoxy) is 1. The van der Waals surface area contributed by atoms with Gasteiger partial charge in [0.1, 0.15) is 12.3 Å². The number of benzene rings is 1. The molecule has 1 fully saturated rings. The molecule has 7 heteroatoms. The van der Waals surface area contributed by atoms with E-state index in [-0.39, 0.29) is 17.9 Å². The standard InChI is InChI=1S/C22H25Cl3N2O2/c1-14-11-22(2,3)7-8-27(12-14)21(28)19-6-4-5-16(26-19)13-29-20-17(24)9-15(23)10-18(20)25/h4-6,9-10,14H,7-8,11-13H2,1-3H3/t14-/m1/s1. The summed E-state index contributed by atoms with van der Waals surface area (Å²) in [5.41, 5.74) is 1.29. The summed E-state index contributed by atoms with van der Waals surface area (Å²) < 4.78 is 5.74. The Morgan fingerprint density at radius 1 is 1.24 bits per heavy atom. The van der Waals surface area contributed by atoms with Crippen molar-refractivity contribution in [3.63, 3.8) is 0 Å². The molecule has 0 aliphatic carbocycles. The van der Waals surface area contributed by atoms with Gasteiger partial charge in [-0.3, -0.25) is 4.79 Å². The lowest BCUT2D eigenvalue weighted by Gasteiger charge is -2.23. The lowest BCUT2D eigenvalue weighted by molar-refractivity contribution is 0.0737. The van der Waals surface area contributed by atoms with Gasteiger partial charge in [-0.15, -0.1) is 0 Å². The maximum absolute atomic E-state index is 13.0. The molecule has 1 aliphatic heterocycles. The normalized spacial score (nSPS) is 19.0. The van der Waals surface area contributed by atoms with Crippen LogP contribution in [-0.2, 0) is 6.61 Å². The highest BCUT2D eigenvalue weighted by Crippen LogP contribution is 2.36. The zero-order chi connectivity index (χ0) is 21.2. The molecule has 2 heterocycles. The van der Waals surface area contributed by atoms with Crippen LogP contribution in [0.5, 0.6) is 5.75 Å². The molecule has 1 aromatic heterocycles. The zero-order valence-electron chi connectivity index (χ0n) is 16.8. The second-order valence-electron chi connectivity index (χ2n) is 8.48. The van der Waals surface area contributed by atoms with Gasteiger partial charge in [0.2, 0.25) is 0 Å². The average Bonchev–Trinajstić information content (AvgIpc) is 2.77. The van der Waals surface area contributed by atoms with Crippen molar-refractivity contribution in [2.45, 2.75) is 40.2 Å². The Kier molecular flexibility index (Phi) is 6.98. The van der Waals surface area contributed by atoms with Gasteiger partial charge in [0.15, 0.2) is 5.75 Å². The topological polar surface area (TPSA) is 42.4 Å². The quantitative estimate of drug-likeness (QED) is 0.527. The molecule has 156 valence electrons. The van der Waals surface area contributed by atoms with Crippen LogP contribution in [0.1, 0.15) is 49.8 Å². The van der Waals surface area contributed by atoms with Crippen molar-refractivity contribution in [1.82, 2.24) is 9.88 Å². The maximum atomic E-state index is 13.0. The van der Waals surface area contributed by atoms with E-state index in [1.807, 2.05) is 17.0 Å². The molecule has 1 aromatic carbocycles. The monoisotopic (exact) mass is 454 g/mol. The highest BCUT2D eigenvalue weighted by molar-refractivity contribution is 6.40. The number of carbonyl (C=O) groups is 1. The molecule has 29 heavy (non-hydrogen) atoms. The third kappa shape index (κ3) is 5.78.